The monoisotopic (exact) mass is 408 g/mol. The molecule has 0 saturated carbocycles. The van der Waals surface area contributed by atoms with Gasteiger partial charge in [-0.05, 0) is 34.1 Å². The van der Waals surface area contributed by atoms with Gasteiger partial charge in [0.15, 0.2) is 0 Å². The predicted molar refractivity (Wildman–Crippen MR) is 76.9 cm³/mol. The molecule has 0 atom stereocenters. The second kappa shape index (κ2) is 5.70. The first kappa shape index (κ1) is 14.6. The van der Waals surface area contributed by atoms with Crippen molar-refractivity contribution in [1.29, 1.82) is 0 Å². The van der Waals surface area contributed by atoms with E-state index in [4.69, 9.17) is 0 Å². The van der Waals surface area contributed by atoms with Gasteiger partial charge in [0.25, 0.3) is 0 Å². The van der Waals surface area contributed by atoms with Gasteiger partial charge < -0.3 is 4.57 Å². The summed E-state index contributed by atoms with van der Waals surface area (Å²) < 4.78 is 29.7. The largest absolute Gasteiger partial charge is 0.320 e. The van der Waals surface area contributed by atoms with E-state index in [0.29, 0.717) is 14.8 Å². The standard InChI is InChI=1S/C10H10Br2N4O2S/c1-16-6-13-15-10(16)5-14-19(17,18)9-4-7(11)2-3-8(9)12/h2-4,6,14H,5H2,1H3. The maximum absolute atomic E-state index is 12.2. The maximum atomic E-state index is 12.2. The van der Waals surface area contributed by atoms with Gasteiger partial charge >= 0.3 is 0 Å². The Labute approximate surface area is 127 Å². The van der Waals surface area contributed by atoms with Gasteiger partial charge in [0, 0.05) is 16.0 Å². The maximum Gasteiger partial charge on any atom is 0.242 e. The normalized spacial score (nSPS) is 11.7. The molecule has 0 spiro atoms. The van der Waals surface area contributed by atoms with Crippen molar-refractivity contribution < 1.29 is 8.42 Å². The van der Waals surface area contributed by atoms with Gasteiger partial charge in [0.1, 0.15) is 12.2 Å². The van der Waals surface area contributed by atoms with Crippen molar-refractivity contribution in [2.75, 3.05) is 0 Å². The molecule has 0 radical (unpaired) electrons. The summed E-state index contributed by atoms with van der Waals surface area (Å²) >= 11 is 6.48. The number of hydrogen-bond acceptors (Lipinski definition) is 4. The van der Waals surface area contributed by atoms with Crippen molar-refractivity contribution in [2.24, 2.45) is 7.05 Å². The lowest BCUT2D eigenvalue weighted by Gasteiger charge is -2.08. The van der Waals surface area contributed by atoms with Crippen LogP contribution in [-0.2, 0) is 23.6 Å². The number of sulfonamides is 1. The zero-order valence-corrected chi connectivity index (χ0v) is 13.8. The SMILES string of the molecule is Cn1cnnc1CNS(=O)(=O)c1cc(Br)ccc1Br. The summed E-state index contributed by atoms with van der Waals surface area (Å²) in [5, 5.41) is 7.51. The molecule has 6 nitrogen and oxygen atoms in total. The Hall–Kier alpha value is -0.770. The van der Waals surface area contributed by atoms with Crippen LogP contribution in [0.25, 0.3) is 0 Å². The first-order chi connectivity index (χ1) is 8.90. The van der Waals surface area contributed by atoms with Crippen LogP contribution >= 0.6 is 31.9 Å². The molecule has 1 aromatic carbocycles. The Morgan fingerprint density at radius 3 is 2.74 bits per heavy atom. The number of halogens is 2. The molecular weight excluding hydrogens is 400 g/mol. The van der Waals surface area contributed by atoms with E-state index in [1.165, 1.54) is 12.4 Å². The van der Waals surface area contributed by atoms with E-state index in [9.17, 15) is 8.42 Å². The van der Waals surface area contributed by atoms with E-state index in [1.807, 2.05) is 0 Å². The molecule has 102 valence electrons. The smallest absolute Gasteiger partial charge is 0.242 e. The number of aryl methyl sites for hydroxylation is 1. The molecule has 1 heterocycles. The van der Waals surface area contributed by atoms with Gasteiger partial charge in [-0.15, -0.1) is 10.2 Å². The fourth-order valence-electron chi connectivity index (χ4n) is 1.39. The lowest BCUT2D eigenvalue weighted by Crippen LogP contribution is -2.25. The zero-order chi connectivity index (χ0) is 14.0. The third kappa shape index (κ3) is 3.41. The minimum absolute atomic E-state index is 0.0811. The van der Waals surface area contributed by atoms with E-state index in [-0.39, 0.29) is 11.4 Å². The Balaban J connectivity index is 2.23. The Bertz CT molecular complexity index is 699. The van der Waals surface area contributed by atoms with Gasteiger partial charge in [-0.25, -0.2) is 13.1 Å². The van der Waals surface area contributed by atoms with E-state index in [1.54, 1.807) is 23.7 Å². The van der Waals surface area contributed by atoms with Crippen molar-refractivity contribution in [3.05, 3.63) is 39.3 Å². The molecule has 0 aliphatic carbocycles. The van der Waals surface area contributed by atoms with Crippen LogP contribution in [0.4, 0.5) is 0 Å². The molecule has 2 rings (SSSR count). The quantitative estimate of drug-likeness (QED) is 0.835. The second-order valence-corrected chi connectivity index (χ2v) is 7.26. The molecule has 1 N–H and O–H groups in total. The van der Waals surface area contributed by atoms with Crippen LogP contribution in [0, 0.1) is 0 Å². The molecular formula is C10H10Br2N4O2S. The highest BCUT2D eigenvalue weighted by Gasteiger charge is 2.18. The highest BCUT2D eigenvalue weighted by Crippen LogP contribution is 2.25. The van der Waals surface area contributed by atoms with Crippen molar-refractivity contribution >= 4 is 41.9 Å². The lowest BCUT2D eigenvalue weighted by atomic mass is 10.4. The third-order valence-corrected chi connectivity index (χ3v) is 5.30. The number of aromatic nitrogens is 3. The first-order valence-electron chi connectivity index (χ1n) is 5.18. The number of nitrogens with zero attached hydrogens (tertiary/aromatic N) is 3. The van der Waals surface area contributed by atoms with E-state index in [0.717, 1.165) is 0 Å². The van der Waals surface area contributed by atoms with E-state index >= 15 is 0 Å². The number of rotatable bonds is 4. The van der Waals surface area contributed by atoms with Crippen molar-refractivity contribution in [1.82, 2.24) is 19.5 Å². The third-order valence-electron chi connectivity index (χ3n) is 2.41. The highest BCUT2D eigenvalue weighted by molar-refractivity contribution is 9.11. The highest BCUT2D eigenvalue weighted by atomic mass is 79.9. The molecule has 0 aliphatic heterocycles. The van der Waals surface area contributed by atoms with Gasteiger partial charge in [0.2, 0.25) is 10.0 Å². The van der Waals surface area contributed by atoms with Gasteiger partial charge in [-0.1, -0.05) is 15.9 Å². The van der Waals surface area contributed by atoms with E-state index < -0.39 is 10.0 Å². The minimum Gasteiger partial charge on any atom is -0.320 e. The summed E-state index contributed by atoms with van der Waals surface area (Å²) in [5.41, 5.74) is 0. The number of benzene rings is 1. The summed E-state index contributed by atoms with van der Waals surface area (Å²) in [5.74, 6) is 0.537. The van der Waals surface area contributed by atoms with Crippen molar-refractivity contribution in [3.63, 3.8) is 0 Å². The lowest BCUT2D eigenvalue weighted by molar-refractivity contribution is 0.577. The van der Waals surface area contributed by atoms with Gasteiger partial charge in [0.05, 0.1) is 11.4 Å². The fourth-order valence-corrected chi connectivity index (χ4v) is 3.87. The van der Waals surface area contributed by atoms with Gasteiger partial charge in [-0.2, -0.15) is 0 Å². The average molecular weight is 410 g/mol. The summed E-state index contributed by atoms with van der Waals surface area (Å²) in [4.78, 5) is 0.170. The summed E-state index contributed by atoms with van der Waals surface area (Å²) in [6, 6.07) is 4.95. The zero-order valence-electron chi connectivity index (χ0n) is 9.84. The van der Waals surface area contributed by atoms with Crippen LogP contribution in [0.5, 0.6) is 0 Å². The minimum atomic E-state index is -3.61. The van der Waals surface area contributed by atoms with Crippen LogP contribution in [0.1, 0.15) is 5.82 Å². The number of nitrogens with one attached hydrogen (secondary N) is 1. The molecule has 0 bridgehead atoms. The summed E-state index contributed by atoms with van der Waals surface area (Å²) in [6.07, 6.45) is 1.51. The van der Waals surface area contributed by atoms with E-state index in [2.05, 4.69) is 46.8 Å². The van der Waals surface area contributed by atoms with Crippen LogP contribution in [-0.4, -0.2) is 23.2 Å². The molecule has 0 amide bonds. The Morgan fingerprint density at radius 2 is 2.11 bits per heavy atom. The van der Waals surface area contributed by atoms with Crippen LogP contribution < -0.4 is 4.72 Å². The summed E-state index contributed by atoms with van der Waals surface area (Å²) in [7, 11) is -1.87. The van der Waals surface area contributed by atoms with Crippen molar-refractivity contribution in [2.45, 2.75) is 11.4 Å². The first-order valence-corrected chi connectivity index (χ1v) is 8.24. The molecule has 1 aromatic heterocycles. The predicted octanol–water partition coefficient (Wildman–Crippen LogP) is 1.82. The topological polar surface area (TPSA) is 76.9 Å². The van der Waals surface area contributed by atoms with Crippen LogP contribution in [0.15, 0.2) is 38.4 Å². The van der Waals surface area contributed by atoms with Crippen LogP contribution in [0.3, 0.4) is 0 Å². The molecule has 2 aromatic rings. The average Bonchev–Trinajstić information content (AvgIpc) is 2.75. The summed E-state index contributed by atoms with van der Waals surface area (Å²) in [6.45, 7) is 0.0811. The molecule has 0 unspecified atom stereocenters. The molecule has 0 fully saturated rings. The molecule has 19 heavy (non-hydrogen) atoms. The number of hydrogen-bond donors (Lipinski definition) is 1. The fraction of sp³-hybridized carbons (Fsp3) is 0.200. The van der Waals surface area contributed by atoms with Gasteiger partial charge in [-0.3, -0.25) is 0 Å². The van der Waals surface area contributed by atoms with Crippen LogP contribution in [0.2, 0.25) is 0 Å². The van der Waals surface area contributed by atoms with Crippen molar-refractivity contribution in [3.8, 4) is 0 Å². The second-order valence-electron chi connectivity index (χ2n) is 3.76. The molecule has 0 saturated heterocycles. The molecule has 9 heteroatoms. The Kier molecular flexibility index (Phi) is 4.39. The molecule has 0 aliphatic rings. The Morgan fingerprint density at radius 1 is 1.37 bits per heavy atom.